The fourth-order valence-electron chi connectivity index (χ4n) is 1.36. The summed E-state index contributed by atoms with van der Waals surface area (Å²) in [6, 6.07) is 5.74. The molecule has 0 fully saturated rings. The van der Waals surface area contributed by atoms with E-state index in [1.807, 2.05) is 25.1 Å². The molecule has 0 saturated heterocycles. The number of alkyl halides is 1. The number of hydrogen-bond acceptors (Lipinski definition) is 2. The van der Waals surface area contributed by atoms with Gasteiger partial charge in [0.25, 0.3) is 0 Å². The molecule has 1 aromatic carbocycles. The number of aryl methyl sites for hydroxylation is 1. The molecule has 82 valence electrons. The van der Waals surface area contributed by atoms with Gasteiger partial charge in [-0.15, -0.1) is 11.6 Å². The van der Waals surface area contributed by atoms with Crippen molar-refractivity contribution in [3.8, 4) is 5.75 Å². The molecule has 0 aliphatic rings. The fraction of sp³-hybridized carbons (Fsp3) is 0.364. The molecule has 1 aromatic rings. The summed E-state index contributed by atoms with van der Waals surface area (Å²) < 4.78 is 5.17. The Morgan fingerprint density at radius 2 is 2.27 bits per heavy atom. The fourth-order valence-corrected chi connectivity index (χ4v) is 1.53. The number of amides is 1. The molecule has 0 heterocycles. The predicted octanol–water partition coefficient (Wildman–Crippen LogP) is 1.64. The Hall–Kier alpha value is -1.22. The van der Waals surface area contributed by atoms with Crippen molar-refractivity contribution in [2.45, 2.75) is 18.7 Å². The molecule has 0 saturated carbocycles. The molecule has 0 aliphatic carbocycles. The number of ether oxygens (including phenoxy) is 1. The topological polar surface area (TPSA) is 52.3 Å². The van der Waals surface area contributed by atoms with E-state index in [4.69, 9.17) is 22.1 Å². The summed E-state index contributed by atoms with van der Waals surface area (Å²) in [6.07, 6.45) is 0.391. The maximum atomic E-state index is 10.8. The minimum absolute atomic E-state index is 0.391. The summed E-state index contributed by atoms with van der Waals surface area (Å²) in [6.45, 7) is 1.97. The van der Waals surface area contributed by atoms with Crippen molar-refractivity contribution in [3.63, 3.8) is 0 Å². The zero-order valence-corrected chi connectivity index (χ0v) is 9.54. The van der Waals surface area contributed by atoms with Gasteiger partial charge in [-0.2, -0.15) is 0 Å². The van der Waals surface area contributed by atoms with Gasteiger partial charge in [-0.1, -0.05) is 17.7 Å². The van der Waals surface area contributed by atoms with Crippen LogP contribution >= 0.6 is 11.6 Å². The Bertz CT molecular complexity index is 366. The quantitative estimate of drug-likeness (QED) is 0.795. The third kappa shape index (κ3) is 3.13. The average Bonchev–Trinajstić information content (AvgIpc) is 2.18. The van der Waals surface area contributed by atoms with Crippen LogP contribution in [-0.4, -0.2) is 18.4 Å². The van der Waals surface area contributed by atoms with Crippen molar-refractivity contribution >= 4 is 17.5 Å². The van der Waals surface area contributed by atoms with Gasteiger partial charge in [0.05, 0.1) is 7.11 Å². The molecule has 0 aromatic heterocycles. The summed E-state index contributed by atoms with van der Waals surface area (Å²) in [5, 5.41) is -0.694. The number of rotatable bonds is 4. The van der Waals surface area contributed by atoms with Crippen molar-refractivity contribution in [2.24, 2.45) is 5.73 Å². The standard InChI is InChI=1S/C11H14ClNO2/c1-7-3-4-10(15-2)8(5-7)6-9(12)11(13)14/h3-5,9H,6H2,1-2H3,(H2,13,14). The molecule has 4 heteroatoms. The van der Waals surface area contributed by atoms with Gasteiger partial charge in [0.1, 0.15) is 11.1 Å². The largest absolute Gasteiger partial charge is 0.496 e. The highest BCUT2D eigenvalue weighted by Crippen LogP contribution is 2.22. The molecule has 1 atom stereocenters. The maximum absolute atomic E-state index is 10.8. The van der Waals surface area contributed by atoms with E-state index in [1.165, 1.54) is 0 Å². The zero-order valence-electron chi connectivity index (χ0n) is 8.79. The van der Waals surface area contributed by atoms with Crippen molar-refractivity contribution in [3.05, 3.63) is 29.3 Å². The summed E-state index contributed by atoms with van der Waals surface area (Å²) in [7, 11) is 1.58. The molecular formula is C11H14ClNO2. The summed E-state index contributed by atoms with van der Waals surface area (Å²) in [4.78, 5) is 10.8. The van der Waals surface area contributed by atoms with Gasteiger partial charge in [-0.25, -0.2) is 0 Å². The van der Waals surface area contributed by atoms with Crippen LogP contribution in [0.2, 0.25) is 0 Å². The molecule has 0 radical (unpaired) electrons. The maximum Gasteiger partial charge on any atom is 0.235 e. The van der Waals surface area contributed by atoms with E-state index in [-0.39, 0.29) is 0 Å². The minimum Gasteiger partial charge on any atom is -0.496 e. The lowest BCUT2D eigenvalue weighted by atomic mass is 10.1. The molecule has 1 rings (SSSR count). The lowest BCUT2D eigenvalue weighted by Crippen LogP contribution is -2.25. The second-order valence-corrected chi connectivity index (χ2v) is 3.92. The van der Waals surface area contributed by atoms with Crippen molar-refractivity contribution in [2.75, 3.05) is 7.11 Å². The first-order valence-electron chi connectivity index (χ1n) is 4.61. The van der Waals surface area contributed by atoms with Crippen LogP contribution in [0.3, 0.4) is 0 Å². The molecule has 15 heavy (non-hydrogen) atoms. The molecule has 0 spiro atoms. The Morgan fingerprint density at radius 3 is 2.80 bits per heavy atom. The van der Waals surface area contributed by atoms with Gasteiger partial charge in [-0.3, -0.25) is 4.79 Å². The van der Waals surface area contributed by atoms with E-state index in [0.717, 1.165) is 16.9 Å². The first-order chi connectivity index (χ1) is 7.04. The number of benzene rings is 1. The minimum atomic E-state index is -0.694. The van der Waals surface area contributed by atoms with E-state index >= 15 is 0 Å². The molecule has 0 aliphatic heterocycles. The highest BCUT2D eigenvalue weighted by Gasteiger charge is 2.14. The first kappa shape index (κ1) is 11.9. The number of carbonyl (C=O) groups excluding carboxylic acids is 1. The smallest absolute Gasteiger partial charge is 0.235 e. The number of hydrogen-bond donors (Lipinski definition) is 1. The van der Waals surface area contributed by atoms with Crippen LogP contribution in [0.4, 0.5) is 0 Å². The number of primary amides is 1. The molecule has 1 amide bonds. The molecule has 3 nitrogen and oxygen atoms in total. The van der Waals surface area contributed by atoms with Crippen LogP contribution in [0.5, 0.6) is 5.75 Å². The third-order valence-corrected chi connectivity index (χ3v) is 2.51. The zero-order chi connectivity index (χ0) is 11.4. The van der Waals surface area contributed by atoms with Gasteiger partial charge in [0, 0.05) is 6.42 Å². The first-order valence-corrected chi connectivity index (χ1v) is 5.05. The molecule has 1 unspecified atom stereocenters. The molecule has 0 bridgehead atoms. The second kappa shape index (κ2) is 5.03. The van der Waals surface area contributed by atoms with Gasteiger partial charge >= 0.3 is 0 Å². The Labute approximate surface area is 94.2 Å². The lowest BCUT2D eigenvalue weighted by molar-refractivity contribution is -0.117. The van der Waals surface area contributed by atoms with E-state index in [9.17, 15) is 4.79 Å². The number of halogens is 1. The average molecular weight is 228 g/mol. The van der Waals surface area contributed by atoms with Gasteiger partial charge < -0.3 is 10.5 Å². The SMILES string of the molecule is COc1ccc(C)cc1CC(Cl)C(N)=O. The van der Waals surface area contributed by atoms with Crippen LogP contribution in [0.1, 0.15) is 11.1 Å². The van der Waals surface area contributed by atoms with E-state index in [1.54, 1.807) is 7.11 Å². The normalized spacial score (nSPS) is 12.2. The highest BCUT2D eigenvalue weighted by molar-refractivity contribution is 6.30. The monoisotopic (exact) mass is 227 g/mol. The van der Waals surface area contributed by atoms with Crippen molar-refractivity contribution < 1.29 is 9.53 Å². The predicted molar refractivity (Wildman–Crippen MR) is 60.3 cm³/mol. The molecular weight excluding hydrogens is 214 g/mol. The van der Waals surface area contributed by atoms with Crippen LogP contribution in [-0.2, 0) is 11.2 Å². The summed E-state index contributed by atoms with van der Waals surface area (Å²) >= 11 is 5.80. The Kier molecular flexibility index (Phi) is 3.97. The van der Waals surface area contributed by atoms with Crippen molar-refractivity contribution in [1.82, 2.24) is 0 Å². The van der Waals surface area contributed by atoms with E-state index in [2.05, 4.69) is 0 Å². The van der Waals surface area contributed by atoms with Crippen LogP contribution < -0.4 is 10.5 Å². The summed E-state index contributed by atoms with van der Waals surface area (Å²) in [5.74, 6) is 0.215. The van der Waals surface area contributed by atoms with E-state index < -0.39 is 11.3 Å². The van der Waals surface area contributed by atoms with Gasteiger partial charge in [-0.05, 0) is 18.6 Å². The second-order valence-electron chi connectivity index (χ2n) is 3.39. The van der Waals surface area contributed by atoms with Gasteiger partial charge in [0.15, 0.2) is 0 Å². The van der Waals surface area contributed by atoms with E-state index in [0.29, 0.717) is 6.42 Å². The van der Waals surface area contributed by atoms with Crippen molar-refractivity contribution in [1.29, 1.82) is 0 Å². The van der Waals surface area contributed by atoms with Crippen LogP contribution in [0.25, 0.3) is 0 Å². The lowest BCUT2D eigenvalue weighted by Gasteiger charge is -2.11. The number of nitrogens with two attached hydrogens (primary N) is 1. The number of methoxy groups -OCH3 is 1. The molecule has 2 N–H and O–H groups in total. The van der Waals surface area contributed by atoms with Crippen LogP contribution in [0.15, 0.2) is 18.2 Å². The van der Waals surface area contributed by atoms with Crippen LogP contribution in [0, 0.1) is 6.92 Å². The Balaban J connectivity index is 2.91. The van der Waals surface area contributed by atoms with Gasteiger partial charge in [0.2, 0.25) is 5.91 Å². The number of carbonyl (C=O) groups is 1. The highest BCUT2D eigenvalue weighted by atomic mass is 35.5. The summed E-state index contributed by atoms with van der Waals surface area (Å²) in [5.41, 5.74) is 7.10. The third-order valence-electron chi connectivity index (χ3n) is 2.14. The Morgan fingerprint density at radius 1 is 1.60 bits per heavy atom.